The number of allylic oxidation sites excluding steroid dienone is 1. The van der Waals surface area contributed by atoms with Crippen LogP contribution in [-0.2, 0) is 9.59 Å². The topological polar surface area (TPSA) is 119 Å². The summed E-state index contributed by atoms with van der Waals surface area (Å²) in [6.07, 6.45) is 2.32. The van der Waals surface area contributed by atoms with Gasteiger partial charge in [0, 0.05) is 18.1 Å². The van der Waals surface area contributed by atoms with E-state index in [2.05, 4.69) is 5.32 Å². The van der Waals surface area contributed by atoms with Gasteiger partial charge in [0.05, 0.1) is 15.9 Å². The van der Waals surface area contributed by atoms with Crippen molar-refractivity contribution < 1.29 is 24.4 Å². The smallest absolute Gasteiger partial charge is 0.322 e. The van der Waals surface area contributed by atoms with Crippen LogP contribution in [0.4, 0.5) is 0 Å². The number of carbonyl (C=O) groups is 2. The molecule has 0 spiro atoms. The van der Waals surface area contributed by atoms with Gasteiger partial charge >= 0.3 is 5.97 Å². The second kappa shape index (κ2) is 9.05. The molecule has 146 valence electrons. The molecule has 0 bridgehead atoms. The van der Waals surface area contributed by atoms with Crippen molar-refractivity contribution in [2.75, 3.05) is 6.54 Å². The second-order valence-electron chi connectivity index (χ2n) is 5.98. The van der Waals surface area contributed by atoms with Crippen LogP contribution in [-0.4, -0.2) is 34.6 Å². The van der Waals surface area contributed by atoms with Crippen molar-refractivity contribution >= 4 is 41.2 Å². The zero-order chi connectivity index (χ0) is 20.1. The summed E-state index contributed by atoms with van der Waals surface area (Å²) in [7, 11) is 0. The van der Waals surface area contributed by atoms with Gasteiger partial charge in [0.25, 0.3) is 0 Å². The predicted octanol–water partition coefficient (Wildman–Crippen LogP) is 3.38. The number of carboxylic acid groups (broad SMARTS) is 1. The second-order valence-corrected chi connectivity index (χ2v) is 6.73. The summed E-state index contributed by atoms with van der Waals surface area (Å²) in [6, 6.07) is 3.10. The lowest BCUT2D eigenvalue weighted by atomic mass is 9.81. The molecule has 2 rings (SSSR count). The van der Waals surface area contributed by atoms with Gasteiger partial charge in [-0.3, -0.25) is 19.7 Å². The minimum absolute atomic E-state index is 0.00389. The molecule has 27 heavy (non-hydrogen) atoms. The Morgan fingerprint density at radius 3 is 2.59 bits per heavy atom. The number of ether oxygens (including phenoxy) is 1. The highest BCUT2D eigenvalue weighted by Crippen LogP contribution is 2.39. The number of amides is 1. The molecule has 1 saturated carbocycles. The van der Waals surface area contributed by atoms with Gasteiger partial charge in [0.15, 0.2) is 0 Å². The third-order valence-electron chi connectivity index (χ3n) is 4.24. The minimum atomic E-state index is -1.13. The van der Waals surface area contributed by atoms with Crippen molar-refractivity contribution in [2.24, 2.45) is 5.92 Å². The van der Waals surface area contributed by atoms with E-state index in [1.165, 1.54) is 12.1 Å². The molecule has 0 radical (unpaired) electrons. The zero-order valence-electron chi connectivity index (χ0n) is 14.4. The highest BCUT2D eigenvalue weighted by molar-refractivity contribution is 6.43. The Labute approximate surface area is 165 Å². The summed E-state index contributed by atoms with van der Waals surface area (Å²) in [5.74, 6) is -1.73. The van der Waals surface area contributed by atoms with E-state index in [1.54, 1.807) is 13.0 Å². The summed E-state index contributed by atoms with van der Waals surface area (Å²) in [4.78, 5) is 33.0. The van der Waals surface area contributed by atoms with Crippen molar-refractivity contribution in [2.45, 2.75) is 32.3 Å². The van der Waals surface area contributed by atoms with Crippen LogP contribution in [0.25, 0.3) is 6.08 Å². The highest BCUT2D eigenvalue weighted by Gasteiger charge is 2.39. The molecule has 1 aliphatic rings. The number of nitro groups is 1. The number of aliphatic carboxylic acids is 1. The third-order valence-corrected chi connectivity index (χ3v) is 5.11. The monoisotopic (exact) mass is 416 g/mol. The van der Waals surface area contributed by atoms with Gasteiger partial charge in [-0.2, -0.15) is 0 Å². The summed E-state index contributed by atoms with van der Waals surface area (Å²) < 4.78 is 5.76. The molecule has 1 aliphatic carbocycles. The highest BCUT2D eigenvalue weighted by atomic mass is 35.5. The van der Waals surface area contributed by atoms with Crippen molar-refractivity contribution in [1.82, 2.24) is 5.32 Å². The van der Waals surface area contributed by atoms with Crippen LogP contribution in [0.2, 0.25) is 10.0 Å². The van der Waals surface area contributed by atoms with E-state index in [-0.39, 0.29) is 27.9 Å². The number of carboxylic acids is 1. The van der Waals surface area contributed by atoms with Crippen LogP contribution in [0.1, 0.15) is 31.7 Å². The first-order valence-corrected chi connectivity index (χ1v) is 8.99. The molecule has 2 unspecified atom stereocenters. The predicted molar refractivity (Wildman–Crippen MR) is 99.5 cm³/mol. The fourth-order valence-electron chi connectivity index (χ4n) is 2.58. The van der Waals surface area contributed by atoms with E-state index < -0.39 is 35.4 Å². The van der Waals surface area contributed by atoms with E-state index >= 15 is 0 Å². The van der Waals surface area contributed by atoms with Gasteiger partial charge < -0.3 is 15.2 Å². The van der Waals surface area contributed by atoms with Crippen molar-refractivity contribution in [1.29, 1.82) is 0 Å². The summed E-state index contributed by atoms with van der Waals surface area (Å²) in [6.45, 7) is 1.21. The molecule has 0 aliphatic heterocycles. The Balaban J connectivity index is 2.12. The number of hydrogen-bond acceptors (Lipinski definition) is 5. The Morgan fingerprint density at radius 1 is 1.37 bits per heavy atom. The summed E-state index contributed by atoms with van der Waals surface area (Å²) in [5, 5.41) is 22.1. The molecular formula is C17H18Cl2N2O6. The van der Waals surface area contributed by atoms with Crippen LogP contribution >= 0.6 is 23.2 Å². The van der Waals surface area contributed by atoms with Crippen molar-refractivity contribution in [3.05, 3.63) is 43.6 Å². The van der Waals surface area contributed by atoms with E-state index in [4.69, 9.17) is 33.0 Å². The number of rotatable bonds is 8. The molecule has 2 atom stereocenters. The van der Waals surface area contributed by atoms with Crippen LogP contribution in [0.15, 0.2) is 17.8 Å². The first kappa shape index (κ1) is 21.0. The van der Waals surface area contributed by atoms with E-state index in [9.17, 15) is 19.7 Å². The maximum atomic E-state index is 12.0. The Bertz CT molecular complexity index is 796. The summed E-state index contributed by atoms with van der Waals surface area (Å²) in [5.41, 5.74) is 0.391. The maximum absolute atomic E-state index is 12.0. The Hall–Kier alpha value is -2.32. The Kier molecular flexibility index (Phi) is 7.04. The summed E-state index contributed by atoms with van der Waals surface area (Å²) >= 11 is 12.4. The maximum Gasteiger partial charge on any atom is 0.322 e. The number of benzene rings is 1. The molecule has 2 N–H and O–H groups in total. The third kappa shape index (κ3) is 5.11. The fourth-order valence-corrected chi connectivity index (χ4v) is 3.01. The molecule has 1 aromatic rings. The lowest BCUT2D eigenvalue weighted by Gasteiger charge is -2.35. The Morgan fingerprint density at radius 2 is 2.07 bits per heavy atom. The quantitative estimate of drug-likeness (QED) is 0.495. The van der Waals surface area contributed by atoms with E-state index in [0.717, 1.165) is 0 Å². The van der Waals surface area contributed by atoms with Crippen molar-refractivity contribution in [3.63, 3.8) is 0 Å². The first-order chi connectivity index (χ1) is 12.7. The zero-order valence-corrected chi connectivity index (χ0v) is 15.9. The first-order valence-electron chi connectivity index (χ1n) is 8.23. The van der Waals surface area contributed by atoms with Gasteiger partial charge in [-0.05, 0) is 25.0 Å². The lowest BCUT2D eigenvalue weighted by Crippen LogP contribution is -2.47. The molecule has 1 fully saturated rings. The number of hydrogen-bond donors (Lipinski definition) is 2. The van der Waals surface area contributed by atoms with Gasteiger partial charge in [0.1, 0.15) is 23.4 Å². The fraction of sp³-hybridized carbons (Fsp3) is 0.412. The molecule has 1 aromatic carbocycles. The molecule has 0 heterocycles. The van der Waals surface area contributed by atoms with Crippen LogP contribution < -0.4 is 10.1 Å². The molecule has 0 aromatic heterocycles. The normalized spacial score (nSPS) is 19.1. The largest absolute Gasteiger partial charge is 0.488 e. The lowest BCUT2D eigenvalue weighted by molar-refractivity contribution is -0.425. The van der Waals surface area contributed by atoms with E-state index in [1.807, 2.05) is 0 Å². The SMILES string of the molecule is CC/C(=C\c1ccc(OC2CCC2C(=O)NCC(=O)O)c(Cl)c1Cl)[N+](=O)[O-]. The number of nitrogens with zero attached hydrogens (tertiary/aromatic N) is 1. The molecular weight excluding hydrogens is 399 g/mol. The molecule has 0 saturated heterocycles. The number of halogens is 2. The van der Waals surface area contributed by atoms with Gasteiger partial charge in [-0.15, -0.1) is 0 Å². The van der Waals surface area contributed by atoms with Crippen LogP contribution in [0.5, 0.6) is 5.75 Å². The number of carbonyl (C=O) groups excluding carboxylic acids is 1. The van der Waals surface area contributed by atoms with Crippen LogP contribution in [0.3, 0.4) is 0 Å². The average Bonchev–Trinajstić information content (AvgIpc) is 2.59. The molecule has 1 amide bonds. The minimum Gasteiger partial charge on any atom is -0.488 e. The molecule has 8 nitrogen and oxygen atoms in total. The molecule has 10 heteroatoms. The standard InChI is InChI=1S/C17H18Cl2N2O6/c1-2-10(21(25)26)7-9-3-5-13(16(19)15(9)18)27-12-6-4-11(12)17(24)20-8-14(22)23/h3,5,7,11-12H,2,4,6,8H2,1H3,(H,20,24)(H,22,23)/b10-7+. The van der Waals surface area contributed by atoms with E-state index in [0.29, 0.717) is 18.4 Å². The van der Waals surface area contributed by atoms with Crippen molar-refractivity contribution in [3.8, 4) is 5.75 Å². The average molecular weight is 417 g/mol. The van der Waals surface area contributed by atoms with Crippen LogP contribution in [0, 0.1) is 16.0 Å². The van der Waals surface area contributed by atoms with Gasteiger partial charge in [0.2, 0.25) is 11.6 Å². The van der Waals surface area contributed by atoms with Gasteiger partial charge in [-0.25, -0.2) is 0 Å². The number of nitrogens with one attached hydrogen (secondary N) is 1. The van der Waals surface area contributed by atoms with Gasteiger partial charge in [-0.1, -0.05) is 30.1 Å².